The number of benzene rings is 8. The molecular weight excluding hydrogens is 817 g/mol. The highest BCUT2D eigenvalue weighted by Crippen LogP contribution is 2.44. The Balaban J connectivity index is 0.000000999. The van der Waals surface area contributed by atoms with Crippen LogP contribution in [0, 0.1) is 23.7 Å². The molecular formula is C60H52O6. The SMILES string of the molecule is COc1cccc(C(C#Cc2ccc(C#CC(c3cccc(OC)c3)(c3cccc(OC)c3)c3cccc(OC)c3)cc2)(c2cccc(OC)c2)c2cccc(OC)c2)c1.c1ccccc1. The number of rotatable bonds is 12. The molecule has 0 aliphatic carbocycles. The molecule has 0 bridgehead atoms. The molecule has 8 rings (SSSR count). The fraction of sp³-hybridized carbons (Fsp3) is 0.133. The largest absolute Gasteiger partial charge is 0.497 e. The molecule has 0 heterocycles. The maximum atomic E-state index is 5.72. The molecule has 0 atom stereocenters. The molecule has 0 aliphatic heterocycles. The molecule has 0 amide bonds. The Morgan fingerprint density at radius 1 is 0.258 bits per heavy atom. The summed E-state index contributed by atoms with van der Waals surface area (Å²) in [5.74, 6) is 18.9. The predicted octanol–water partition coefficient (Wildman–Crippen LogP) is 12.2. The van der Waals surface area contributed by atoms with E-state index in [-0.39, 0.29) is 0 Å². The van der Waals surface area contributed by atoms with E-state index in [9.17, 15) is 0 Å². The molecule has 0 saturated heterocycles. The highest BCUT2D eigenvalue weighted by Gasteiger charge is 2.37. The highest BCUT2D eigenvalue weighted by molar-refractivity contribution is 5.64. The number of methoxy groups -OCH3 is 6. The van der Waals surface area contributed by atoms with Crippen LogP contribution in [0.25, 0.3) is 0 Å². The lowest BCUT2D eigenvalue weighted by atomic mass is 9.69. The zero-order chi connectivity index (χ0) is 46.2. The van der Waals surface area contributed by atoms with Crippen molar-refractivity contribution in [3.05, 3.63) is 251 Å². The van der Waals surface area contributed by atoms with Gasteiger partial charge in [0.25, 0.3) is 0 Å². The molecule has 0 fully saturated rings. The minimum absolute atomic E-state index is 0.723. The van der Waals surface area contributed by atoms with Crippen molar-refractivity contribution >= 4 is 0 Å². The second-order valence-electron chi connectivity index (χ2n) is 15.1. The van der Waals surface area contributed by atoms with E-state index in [1.165, 1.54) is 0 Å². The van der Waals surface area contributed by atoms with Gasteiger partial charge in [-0.2, -0.15) is 0 Å². The summed E-state index contributed by atoms with van der Waals surface area (Å²) >= 11 is 0. The molecule has 8 aromatic rings. The first-order valence-corrected chi connectivity index (χ1v) is 21.4. The average molecular weight is 869 g/mol. The van der Waals surface area contributed by atoms with E-state index in [0.717, 1.165) is 79.0 Å². The summed E-state index contributed by atoms with van der Waals surface area (Å²) in [5, 5.41) is 0. The molecule has 0 aliphatic rings. The Bertz CT molecular complexity index is 2520. The standard InChI is InChI=1S/C54H46O6.C6H6/c1-55-47-19-7-13-41(33-47)53(42-14-8-20-48(34-42)56-2,43-15-9-21-49(35-43)57-3)31-29-39-25-27-40(28-26-39)30-32-54(44-16-10-22-50(36-44)58-4,45-17-11-23-51(37-45)59-5)46-18-12-24-52(38-46)60-6;1-2-4-6-5-3-1/h7-28,33-38H,1-6H3;1-6H. The van der Waals surface area contributed by atoms with Crippen molar-refractivity contribution in [1.29, 1.82) is 0 Å². The van der Waals surface area contributed by atoms with E-state index in [2.05, 4.69) is 60.1 Å². The third kappa shape index (κ3) is 10.2. The number of hydrogen-bond acceptors (Lipinski definition) is 6. The predicted molar refractivity (Wildman–Crippen MR) is 264 cm³/mol. The molecule has 0 N–H and O–H groups in total. The summed E-state index contributed by atoms with van der Waals surface area (Å²) in [6, 6.07) is 68.2. The molecule has 8 aromatic carbocycles. The first-order valence-electron chi connectivity index (χ1n) is 21.4. The Kier molecular flexibility index (Phi) is 15.1. The quantitative estimate of drug-likeness (QED) is 0.0901. The molecule has 0 radical (unpaired) electrons. The van der Waals surface area contributed by atoms with E-state index in [4.69, 9.17) is 28.4 Å². The second-order valence-corrected chi connectivity index (χ2v) is 15.1. The van der Waals surface area contributed by atoms with Gasteiger partial charge in [0, 0.05) is 11.1 Å². The van der Waals surface area contributed by atoms with Gasteiger partial charge in [-0.25, -0.2) is 0 Å². The molecule has 0 aromatic heterocycles. The van der Waals surface area contributed by atoms with Crippen molar-refractivity contribution in [2.75, 3.05) is 42.7 Å². The third-order valence-corrected chi connectivity index (χ3v) is 11.4. The van der Waals surface area contributed by atoms with E-state index in [1.807, 2.05) is 170 Å². The third-order valence-electron chi connectivity index (χ3n) is 11.4. The molecule has 6 nitrogen and oxygen atoms in total. The lowest BCUT2D eigenvalue weighted by molar-refractivity contribution is 0.411. The molecule has 0 saturated carbocycles. The van der Waals surface area contributed by atoms with Crippen molar-refractivity contribution in [3.63, 3.8) is 0 Å². The molecule has 0 unspecified atom stereocenters. The van der Waals surface area contributed by atoms with Gasteiger partial charge < -0.3 is 28.4 Å². The molecule has 66 heavy (non-hydrogen) atoms. The minimum atomic E-state index is -0.945. The van der Waals surface area contributed by atoms with Gasteiger partial charge >= 0.3 is 0 Å². The maximum absolute atomic E-state index is 5.72. The van der Waals surface area contributed by atoms with Crippen LogP contribution in [0.4, 0.5) is 0 Å². The van der Waals surface area contributed by atoms with E-state index >= 15 is 0 Å². The van der Waals surface area contributed by atoms with Crippen LogP contribution < -0.4 is 28.4 Å². The van der Waals surface area contributed by atoms with Gasteiger partial charge in [-0.1, -0.05) is 133 Å². The van der Waals surface area contributed by atoms with Gasteiger partial charge in [-0.05, 0) is 130 Å². The molecule has 6 heteroatoms. The lowest BCUT2D eigenvalue weighted by Crippen LogP contribution is -2.28. The van der Waals surface area contributed by atoms with Crippen LogP contribution in [0.2, 0.25) is 0 Å². The van der Waals surface area contributed by atoms with Crippen molar-refractivity contribution in [3.8, 4) is 58.2 Å². The first kappa shape index (κ1) is 45.7. The van der Waals surface area contributed by atoms with Crippen LogP contribution in [0.15, 0.2) is 206 Å². The highest BCUT2D eigenvalue weighted by atomic mass is 16.5. The van der Waals surface area contributed by atoms with Gasteiger partial charge in [-0.15, -0.1) is 0 Å². The summed E-state index contributed by atoms with van der Waals surface area (Å²) in [5.41, 5.74) is 5.34. The van der Waals surface area contributed by atoms with Crippen LogP contribution in [-0.2, 0) is 10.8 Å². The van der Waals surface area contributed by atoms with Crippen molar-refractivity contribution < 1.29 is 28.4 Å². The Morgan fingerprint density at radius 3 is 0.636 bits per heavy atom. The average Bonchev–Trinajstić information content (AvgIpc) is 3.40. The Labute approximate surface area is 389 Å². The number of ether oxygens (including phenoxy) is 6. The normalized spacial score (nSPS) is 10.6. The summed E-state index contributed by atoms with van der Waals surface area (Å²) < 4.78 is 34.3. The summed E-state index contributed by atoms with van der Waals surface area (Å²) in [7, 11) is 10.0. The van der Waals surface area contributed by atoms with E-state index in [1.54, 1.807) is 42.7 Å². The van der Waals surface area contributed by atoms with Crippen LogP contribution in [0.5, 0.6) is 34.5 Å². The van der Waals surface area contributed by atoms with Crippen molar-refractivity contribution in [1.82, 2.24) is 0 Å². The fourth-order valence-corrected chi connectivity index (χ4v) is 7.92. The smallest absolute Gasteiger partial charge is 0.119 e. The number of hydrogen-bond donors (Lipinski definition) is 0. The van der Waals surface area contributed by atoms with Gasteiger partial charge in [0.2, 0.25) is 0 Å². The molecule has 328 valence electrons. The first-order chi connectivity index (χ1) is 32.4. The zero-order valence-corrected chi connectivity index (χ0v) is 38.1. The molecule has 0 spiro atoms. The lowest BCUT2D eigenvalue weighted by Gasteiger charge is -2.31. The van der Waals surface area contributed by atoms with Gasteiger partial charge in [0.1, 0.15) is 45.3 Å². The Morgan fingerprint density at radius 2 is 0.455 bits per heavy atom. The summed E-state index contributed by atoms with van der Waals surface area (Å²) in [6.45, 7) is 0. The summed E-state index contributed by atoms with van der Waals surface area (Å²) in [6.07, 6.45) is 0. The van der Waals surface area contributed by atoms with E-state index in [0.29, 0.717) is 0 Å². The van der Waals surface area contributed by atoms with Gasteiger partial charge in [0.05, 0.1) is 42.7 Å². The monoisotopic (exact) mass is 868 g/mol. The minimum Gasteiger partial charge on any atom is -0.497 e. The van der Waals surface area contributed by atoms with Gasteiger partial charge in [-0.3, -0.25) is 0 Å². The zero-order valence-electron chi connectivity index (χ0n) is 38.1. The fourth-order valence-electron chi connectivity index (χ4n) is 7.92. The van der Waals surface area contributed by atoms with Crippen molar-refractivity contribution in [2.24, 2.45) is 0 Å². The Hall–Kier alpha value is -8.32. The van der Waals surface area contributed by atoms with Crippen LogP contribution >= 0.6 is 0 Å². The van der Waals surface area contributed by atoms with Gasteiger partial charge in [0.15, 0.2) is 0 Å². The maximum Gasteiger partial charge on any atom is 0.119 e. The van der Waals surface area contributed by atoms with Crippen LogP contribution in [-0.4, -0.2) is 42.7 Å². The van der Waals surface area contributed by atoms with Crippen molar-refractivity contribution in [2.45, 2.75) is 10.8 Å². The second kappa shape index (κ2) is 21.8. The van der Waals surface area contributed by atoms with Crippen LogP contribution in [0.3, 0.4) is 0 Å². The summed E-state index contributed by atoms with van der Waals surface area (Å²) in [4.78, 5) is 0. The van der Waals surface area contributed by atoms with E-state index < -0.39 is 10.8 Å². The topological polar surface area (TPSA) is 55.4 Å². The van der Waals surface area contributed by atoms with Crippen LogP contribution in [0.1, 0.15) is 44.5 Å².